The second-order valence-corrected chi connectivity index (χ2v) is 8.84. The Kier molecular flexibility index (Phi) is 5.17. The molecule has 148 valence electrons. The maximum atomic E-state index is 12.6. The number of carbonyl (C=O) groups is 1. The zero-order valence-electron chi connectivity index (χ0n) is 15.2. The van der Waals surface area contributed by atoms with Gasteiger partial charge in [0.15, 0.2) is 5.75 Å². The molecule has 4 rings (SSSR count). The van der Waals surface area contributed by atoms with Crippen molar-refractivity contribution in [3.63, 3.8) is 0 Å². The average molecular weight is 429 g/mol. The molecule has 0 bridgehead atoms. The molecule has 0 aromatic heterocycles. The molecule has 3 aromatic rings. The molecular formula is C21H17ClN2O4S. The van der Waals surface area contributed by atoms with Crippen LogP contribution in [0.25, 0.3) is 0 Å². The fraction of sp³-hybridized carbons (Fsp3) is 0.0952. The molecule has 0 saturated heterocycles. The van der Waals surface area contributed by atoms with Gasteiger partial charge in [-0.3, -0.25) is 9.52 Å². The lowest BCUT2D eigenvalue weighted by molar-refractivity contribution is 0.102. The first kappa shape index (κ1) is 19.3. The largest absolute Gasteiger partial charge is 0.454 e. The number of aryl methyl sites for hydroxylation is 1. The van der Waals surface area contributed by atoms with Gasteiger partial charge in [0.1, 0.15) is 5.75 Å². The standard InChI is InChI=1S/C21H17ClN2O4S/c22-15-6-8-20-18(12-15)23-21(25)17-13-16(7-9-19(17)28-20)24-29(26,27)11-10-14-4-2-1-3-5-14/h1-9,12-13,24H,10-11H2,(H,23,25). The van der Waals surface area contributed by atoms with Gasteiger partial charge in [-0.15, -0.1) is 0 Å². The third-order valence-corrected chi connectivity index (χ3v) is 5.93. The SMILES string of the molecule is O=C1Nc2cc(Cl)ccc2Oc2ccc(NS(=O)(=O)CCc3ccccc3)cc21. The molecule has 0 fully saturated rings. The molecule has 0 spiro atoms. The van der Waals surface area contributed by atoms with E-state index in [-0.39, 0.29) is 11.3 Å². The molecule has 1 heterocycles. The first-order chi connectivity index (χ1) is 13.9. The normalized spacial score (nSPS) is 12.8. The molecule has 0 atom stereocenters. The van der Waals surface area contributed by atoms with Crippen LogP contribution in [-0.2, 0) is 16.4 Å². The highest BCUT2D eigenvalue weighted by Gasteiger charge is 2.22. The molecule has 1 aliphatic rings. The maximum Gasteiger partial charge on any atom is 0.259 e. The molecule has 1 aliphatic heterocycles. The number of sulfonamides is 1. The second-order valence-electron chi connectivity index (χ2n) is 6.56. The summed E-state index contributed by atoms with van der Waals surface area (Å²) in [6.07, 6.45) is 0.390. The fourth-order valence-electron chi connectivity index (χ4n) is 2.98. The van der Waals surface area contributed by atoms with E-state index < -0.39 is 15.9 Å². The highest BCUT2D eigenvalue weighted by atomic mass is 35.5. The van der Waals surface area contributed by atoms with Gasteiger partial charge in [0.05, 0.1) is 17.0 Å². The van der Waals surface area contributed by atoms with Gasteiger partial charge >= 0.3 is 0 Å². The van der Waals surface area contributed by atoms with E-state index in [0.717, 1.165) is 5.56 Å². The number of halogens is 1. The molecular weight excluding hydrogens is 412 g/mol. The van der Waals surface area contributed by atoms with Crippen molar-refractivity contribution in [3.8, 4) is 11.5 Å². The summed E-state index contributed by atoms with van der Waals surface area (Å²) in [5.41, 5.74) is 1.90. The molecule has 0 radical (unpaired) electrons. The monoisotopic (exact) mass is 428 g/mol. The number of nitrogens with one attached hydrogen (secondary N) is 2. The van der Waals surface area contributed by atoms with Crippen LogP contribution < -0.4 is 14.8 Å². The number of amides is 1. The number of fused-ring (bicyclic) bond motifs is 2. The lowest BCUT2D eigenvalue weighted by Crippen LogP contribution is -2.19. The van der Waals surface area contributed by atoms with Gasteiger partial charge in [0.2, 0.25) is 10.0 Å². The van der Waals surface area contributed by atoms with Crippen molar-refractivity contribution in [2.75, 3.05) is 15.8 Å². The van der Waals surface area contributed by atoms with Gasteiger partial charge in [0.25, 0.3) is 5.91 Å². The fourth-order valence-corrected chi connectivity index (χ4v) is 4.25. The maximum absolute atomic E-state index is 12.6. The number of benzene rings is 3. The minimum absolute atomic E-state index is 0.0687. The van der Waals surface area contributed by atoms with Gasteiger partial charge in [-0.1, -0.05) is 41.9 Å². The summed E-state index contributed by atoms with van der Waals surface area (Å²) in [5, 5.41) is 3.19. The van der Waals surface area contributed by atoms with Gasteiger partial charge in [-0.25, -0.2) is 8.42 Å². The van der Waals surface area contributed by atoms with E-state index in [2.05, 4.69) is 10.0 Å². The smallest absolute Gasteiger partial charge is 0.259 e. The Balaban J connectivity index is 1.53. The molecule has 0 saturated carbocycles. The average Bonchev–Trinajstić information content (AvgIpc) is 2.83. The summed E-state index contributed by atoms with van der Waals surface area (Å²) < 4.78 is 33.2. The minimum atomic E-state index is -3.59. The van der Waals surface area contributed by atoms with Crippen molar-refractivity contribution < 1.29 is 17.9 Å². The van der Waals surface area contributed by atoms with E-state index >= 15 is 0 Å². The second kappa shape index (κ2) is 7.77. The third-order valence-electron chi connectivity index (χ3n) is 4.41. The van der Waals surface area contributed by atoms with E-state index in [0.29, 0.717) is 34.3 Å². The van der Waals surface area contributed by atoms with E-state index in [9.17, 15) is 13.2 Å². The van der Waals surface area contributed by atoms with Crippen LogP contribution in [0.4, 0.5) is 11.4 Å². The number of carbonyl (C=O) groups excluding carboxylic acids is 1. The van der Waals surface area contributed by atoms with E-state index in [4.69, 9.17) is 16.3 Å². The molecule has 8 heteroatoms. The van der Waals surface area contributed by atoms with Crippen molar-refractivity contribution in [2.24, 2.45) is 0 Å². The van der Waals surface area contributed by atoms with Crippen LogP contribution >= 0.6 is 11.6 Å². The number of rotatable bonds is 5. The van der Waals surface area contributed by atoms with Crippen LogP contribution in [0.2, 0.25) is 5.02 Å². The first-order valence-corrected chi connectivity index (χ1v) is 10.9. The van der Waals surface area contributed by atoms with E-state index in [1.807, 2.05) is 30.3 Å². The molecule has 6 nitrogen and oxygen atoms in total. The zero-order valence-corrected chi connectivity index (χ0v) is 16.8. The van der Waals surface area contributed by atoms with Crippen LogP contribution in [0.5, 0.6) is 11.5 Å². The Labute approximate surface area is 173 Å². The predicted octanol–water partition coefficient (Wildman–Crippen LogP) is 4.68. The van der Waals surface area contributed by atoms with Gasteiger partial charge in [-0.2, -0.15) is 0 Å². The Morgan fingerprint density at radius 2 is 1.72 bits per heavy atom. The van der Waals surface area contributed by atoms with Crippen LogP contribution in [0.15, 0.2) is 66.7 Å². The Morgan fingerprint density at radius 1 is 0.966 bits per heavy atom. The van der Waals surface area contributed by atoms with Crippen LogP contribution in [0, 0.1) is 0 Å². The van der Waals surface area contributed by atoms with Gasteiger partial charge in [0, 0.05) is 10.7 Å². The summed E-state index contributed by atoms with van der Waals surface area (Å²) in [4.78, 5) is 12.6. The third kappa shape index (κ3) is 4.52. The highest BCUT2D eigenvalue weighted by Crippen LogP contribution is 2.38. The van der Waals surface area contributed by atoms with Crippen molar-refractivity contribution in [1.29, 1.82) is 0 Å². The van der Waals surface area contributed by atoms with Crippen LogP contribution in [0.1, 0.15) is 15.9 Å². The van der Waals surface area contributed by atoms with Gasteiger partial charge in [-0.05, 0) is 48.4 Å². The lowest BCUT2D eigenvalue weighted by Gasteiger charge is -2.11. The van der Waals surface area contributed by atoms with Crippen molar-refractivity contribution in [2.45, 2.75) is 6.42 Å². The number of hydrogen-bond acceptors (Lipinski definition) is 4. The Hall–Kier alpha value is -3.03. The van der Waals surface area contributed by atoms with Crippen LogP contribution in [0.3, 0.4) is 0 Å². The summed E-state index contributed by atoms with van der Waals surface area (Å²) in [6, 6.07) is 18.9. The lowest BCUT2D eigenvalue weighted by atomic mass is 10.1. The van der Waals surface area contributed by atoms with Crippen LogP contribution in [-0.4, -0.2) is 20.1 Å². The molecule has 3 aromatic carbocycles. The predicted molar refractivity (Wildman–Crippen MR) is 113 cm³/mol. The quantitative estimate of drug-likeness (QED) is 0.617. The summed E-state index contributed by atoms with van der Waals surface area (Å²) in [6.45, 7) is 0. The summed E-state index contributed by atoms with van der Waals surface area (Å²) in [5.74, 6) is 0.306. The molecule has 1 amide bonds. The Morgan fingerprint density at radius 3 is 2.52 bits per heavy atom. The summed E-state index contributed by atoms with van der Waals surface area (Å²) >= 11 is 5.98. The number of hydrogen-bond donors (Lipinski definition) is 2. The molecule has 2 N–H and O–H groups in total. The van der Waals surface area contributed by atoms with Crippen molar-refractivity contribution in [3.05, 3.63) is 82.9 Å². The van der Waals surface area contributed by atoms with E-state index in [1.165, 1.54) is 6.07 Å². The van der Waals surface area contributed by atoms with Gasteiger partial charge < -0.3 is 10.1 Å². The Bertz CT molecular complexity index is 1180. The summed E-state index contributed by atoms with van der Waals surface area (Å²) in [7, 11) is -3.59. The zero-order chi connectivity index (χ0) is 20.4. The first-order valence-electron chi connectivity index (χ1n) is 8.87. The van der Waals surface area contributed by atoms with E-state index in [1.54, 1.807) is 30.3 Å². The molecule has 0 aliphatic carbocycles. The number of ether oxygens (including phenoxy) is 1. The van der Waals surface area contributed by atoms with Crippen molar-refractivity contribution >= 4 is 38.9 Å². The minimum Gasteiger partial charge on any atom is -0.454 e. The number of anilines is 2. The highest BCUT2D eigenvalue weighted by molar-refractivity contribution is 7.92. The topological polar surface area (TPSA) is 84.5 Å². The molecule has 0 unspecified atom stereocenters. The molecule has 29 heavy (non-hydrogen) atoms. The van der Waals surface area contributed by atoms with Crippen molar-refractivity contribution in [1.82, 2.24) is 0 Å².